The topological polar surface area (TPSA) is 158 Å². The van der Waals surface area contributed by atoms with E-state index in [1.165, 1.54) is 43.5 Å². The first-order valence-corrected chi connectivity index (χ1v) is 9.86. The van der Waals surface area contributed by atoms with E-state index >= 15 is 0 Å². The normalized spacial score (nSPS) is 12.1. The highest BCUT2D eigenvalue weighted by atomic mass is 32.2. The summed E-state index contributed by atoms with van der Waals surface area (Å²) in [7, 11) is -3.83. The van der Waals surface area contributed by atoms with Crippen LogP contribution in [0.5, 0.6) is 0 Å². The number of carbonyl (C=O) groups excluding carboxylic acids is 3. The van der Waals surface area contributed by atoms with Gasteiger partial charge in [-0.1, -0.05) is 0 Å². The number of esters is 1. The molecular weight excluding hydrogens is 396 g/mol. The van der Waals surface area contributed by atoms with Crippen LogP contribution in [-0.2, 0) is 24.3 Å². The molecule has 2 amide bonds. The van der Waals surface area contributed by atoms with Crippen LogP contribution >= 0.6 is 11.3 Å². The fourth-order valence-electron chi connectivity index (χ4n) is 1.82. The first-order chi connectivity index (χ1) is 12.6. The van der Waals surface area contributed by atoms with Gasteiger partial charge in [0, 0.05) is 18.0 Å². The molecule has 1 unspecified atom stereocenters. The minimum absolute atomic E-state index is 0.0408. The Labute approximate surface area is 158 Å². The van der Waals surface area contributed by atoms with Gasteiger partial charge in [0.2, 0.25) is 15.9 Å². The number of primary sulfonamides is 1. The second kappa shape index (κ2) is 8.24. The summed E-state index contributed by atoms with van der Waals surface area (Å²) in [5, 5.41) is 11.5. The molecule has 4 N–H and O–H groups in total. The second-order valence-electron chi connectivity index (χ2n) is 5.33. The van der Waals surface area contributed by atoms with Crippen LogP contribution in [-0.4, -0.2) is 37.3 Å². The number of benzene rings is 1. The second-order valence-corrected chi connectivity index (χ2v) is 7.74. The molecule has 0 spiro atoms. The first kappa shape index (κ1) is 20.5. The summed E-state index contributed by atoms with van der Waals surface area (Å²) < 4.78 is 27.4. The molecule has 0 aliphatic carbocycles. The van der Waals surface area contributed by atoms with Gasteiger partial charge in [0.1, 0.15) is 0 Å². The Balaban J connectivity index is 1.95. The Bertz CT molecular complexity index is 968. The lowest BCUT2D eigenvalue weighted by atomic mass is 10.3. The monoisotopic (exact) mass is 412 g/mol. The highest BCUT2D eigenvalue weighted by Crippen LogP contribution is 2.17. The van der Waals surface area contributed by atoms with Crippen molar-refractivity contribution in [2.75, 3.05) is 10.6 Å². The summed E-state index contributed by atoms with van der Waals surface area (Å²) in [6.45, 7) is 2.67. The minimum Gasteiger partial charge on any atom is -0.448 e. The van der Waals surface area contributed by atoms with E-state index in [9.17, 15) is 22.8 Å². The standard InChI is InChI=1S/C15H16N4O6S2/c1-8(25-14(22)12-7-26-15(19-12)17-9(2)20)13(21)18-10-3-5-11(6-4-10)27(16,23)24/h3-8H,1-2H3,(H,18,21)(H2,16,23,24)(H,17,19,20). The molecule has 2 aromatic rings. The zero-order valence-electron chi connectivity index (χ0n) is 14.3. The Morgan fingerprint density at radius 2 is 1.81 bits per heavy atom. The van der Waals surface area contributed by atoms with Gasteiger partial charge in [-0.15, -0.1) is 11.3 Å². The number of nitrogens with one attached hydrogen (secondary N) is 2. The van der Waals surface area contributed by atoms with Crippen molar-refractivity contribution < 1.29 is 27.5 Å². The predicted octanol–water partition coefficient (Wildman–Crippen LogP) is 0.933. The van der Waals surface area contributed by atoms with Crippen molar-refractivity contribution in [2.45, 2.75) is 24.8 Å². The molecule has 27 heavy (non-hydrogen) atoms. The van der Waals surface area contributed by atoms with Crippen molar-refractivity contribution in [3.63, 3.8) is 0 Å². The lowest BCUT2D eigenvalue weighted by molar-refractivity contribution is -0.123. The van der Waals surface area contributed by atoms with Crippen molar-refractivity contribution in [2.24, 2.45) is 5.14 Å². The molecule has 12 heteroatoms. The largest absolute Gasteiger partial charge is 0.448 e. The molecule has 144 valence electrons. The summed E-state index contributed by atoms with van der Waals surface area (Å²) >= 11 is 1.04. The van der Waals surface area contributed by atoms with Crippen molar-refractivity contribution >= 4 is 50.0 Å². The van der Waals surface area contributed by atoms with Crippen molar-refractivity contribution in [3.05, 3.63) is 35.3 Å². The van der Waals surface area contributed by atoms with E-state index in [2.05, 4.69) is 15.6 Å². The molecule has 1 aromatic carbocycles. The van der Waals surface area contributed by atoms with Crippen LogP contribution in [0.2, 0.25) is 0 Å². The fraction of sp³-hybridized carbons (Fsp3) is 0.200. The van der Waals surface area contributed by atoms with Gasteiger partial charge in [0.15, 0.2) is 16.9 Å². The average molecular weight is 412 g/mol. The van der Waals surface area contributed by atoms with Gasteiger partial charge in [-0.25, -0.2) is 23.3 Å². The van der Waals surface area contributed by atoms with E-state index < -0.39 is 28.0 Å². The van der Waals surface area contributed by atoms with Gasteiger partial charge in [0.25, 0.3) is 5.91 Å². The van der Waals surface area contributed by atoms with E-state index in [4.69, 9.17) is 9.88 Å². The Morgan fingerprint density at radius 1 is 1.19 bits per heavy atom. The van der Waals surface area contributed by atoms with Crippen LogP contribution in [0.3, 0.4) is 0 Å². The van der Waals surface area contributed by atoms with Crippen molar-refractivity contribution in [1.82, 2.24) is 4.98 Å². The molecule has 1 heterocycles. The number of thiazole rings is 1. The van der Waals surface area contributed by atoms with E-state index in [-0.39, 0.29) is 21.6 Å². The van der Waals surface area contributed by atoms with E-state index in [1.807, 2.05) is 0 Å². The van der Waals surface area contributed by atoms with E-state index in [0.29, 0.717) is 5.69 Å². The molecule has 1 aromatic heterocycles. The third-order valence-corrected chi connectivity index (χ3v) is 4.79. The third-order valence-electron chi connectivity index (χ3n) is 3.10. The number of nitrogens with two attached hydrogens (primary N) is 1. The molecule has 0 fully saturated rings. The van der Waals surface area contributed by atoms with Crippen molar-refractivity contribution in [3.8, 4) is 0 Å². The van der Waals surface area contributed by atoms with Gasteiger partial charge in [-0.05, 0) is 31.2 Å². The smallest absolute Gasteiger partial charge is 0.358 e. The lowest BCUT2D eigenvalue weighted by Gasteiger charge is -2.13. The number of sulfonamides is 1. The van der Waals surface area contributed by atoms with E-state index in [0.717, 1.165) is 11.3 Å². The number of hydrogen-bond donors (Lipinski definition) is 3. The maximum atomic E-state index is 12.1. The summed E-state index contributed by atoms with van der Waals surface area (Å²) in [4.78, 5) is 38.9. The van der Waals surface area contributed by atoms with Crippen molar-refractivity contribution in [1.29, 1.82) is 0 Å². The summed E-state index contributed by atoms with van der Waals surface area (Å²) in [6.07, 6.45) is -1.14. The van der Waals surface area contributed by atoms with Gasteiger partial charge < -0.3 is 15.4 Å². The van der Waals surface area contributed by atoms with Crippen LogP contribution in [0.15, 0.2) is 34.5 Å². The zero-order valence-corrected chi connectivity index (χ0v) is 15.9. The highest BCUT2D eigenvalue weighted by molar-refractivity contribution is 7.89. The number of carbonyl (C=O) groups is 3. The SMILES string of the molecule is CC(=O)Nc1nc(C(=O)OC(C)C(=O)Nc2ccc(S(N)(=O)=O)cc2)cs1. The lowest BCUT2D eigenvalue weighted by Crippen LogP contribution is -2.30. The predicted molar refractivity (Wildman–Crippen MR) is 97.7 cm³/mol. The Morgan fingerprint density at radius 3 is 2.37 bits per heavy atom. The highest BCUT2D eigenvalue weighted by Gasteiger charge is 2.21. The summed E-state index contributed by atoms with van der Waals surface area (Å²) in [6, 6.07) is 5.18. The maximum absolute atomic E-state index is 12.1. The molecule has 0 aliphatic heterocycles. The molecule has 0 radical (unpaired) electrons. The van der Waals surface area contributed by atoms with Gasteiger partial charge in [-0.3, -0.25) is 9.59 Å². The number of rotatable bonds is 6. The number of ether oxygens (including phenoxy) is 1. The quantitative estimate of drug-likeness (QED) is 0.595. The van der Waals surface area contributed by atoms with Crippen LogP contribution < -0.4 is 15.8 Å². The first-order valence-electron chi connectivity index (χ1n) is 7.44. The average Bonchev–Trinajstić information content (AvgIpc) is 3.02. The molecule has 0 saturated heterocycles. The number of hydrogen-bond acceptors (Lipinski definition) is 8. The Kier molecular flexibility index (Phi) is 6.25. The Hall–Kier alpha value is -2.83. The number of amides is 2. The maximum Gasteiger partial charge on any atom is 0.358 e. The number of nitrogens with zero attached hydrogens (tertiary/aromatic N) is 1. The molecular formula is C15H16N4O6S2. The van der Waals surface area contributed by atoms with Crippen LogP contribution in [0.4, 0.5) is 10.8 Å². The van der Waals surface area contributed by atoms with E-state index in [1.54, 1.807) is 0 Å². The van der Waals surface area contributed by atoms with Crippen LogP contribution in [0, 0.1) is 0 Å². The molecule has 1 atom stereocenters. The van der Waals surface area contributed by atoms with Gasteiger partial charge in [-0.2, -0.15) is 0 Å². The number of anilines is 2. The zero-order chi connectivity index (χ0) is 20.2. The van der Waals surface area contributed by atoms with Crippen LogP contribution in [0.25, 0.3) is 0 Å². The minimum atomic E-state index is -3.83. The fourth-order valence-corrected chi connectivity index (χ4v) is 3.06. The molecule has 0 aliphatic rings. The molecule has 0 saturated carbocycles. The third kappa shape index (κ3) is 5.84. The van der Waals surface area contributed by atoms with Gasteiger partial charge >= 0.3 is 5.97 Å². The van der Waals surface area contributed by atoms with Gasteiger partial charge in [0.05, 0.1) is 4.90 Å². The molecule has 10 nitrogen and oxygen atoms in total. The summed E-state index contributed by atoms with van der Waals surface area (Å²) in [5.74, 6) is -1.77. The summed E-state index contributed by atoms with van der Waals surface area (Å²) in [5.41, 5.74) is 0.262. The molecule has 0 bridgehead atoms. The number of aromatic nitrogens is 1. The molecule has 2 rings (SSSR count). The van der Waals surface area contributed by atoms with Crippen LogP contribution in [0.1, 0.15) is 24.3 Å².